The third kappa shape index (κ3) is 1.89. The monoisotopic (exact) mass is 254 g/mol. The van der Waals surface area contributed by atoms with Gasteiger partial charge in [0, 0.05) is 18.8 Å². The molecule has 0 atom stereocenters. The molecule has 0 unspecified atom stereocenters. The number of hydrogen-bond acceptors (Lipinski definition) is 4. The largest absolute Gasteiger partial charge is 0.367 e. The van der Waals surface area contributed by atoms with E-state index in [4.69, 9.17) is 10.3 Å². The summed E-state index contributed by atoms with van der Waals surface area (Å²) in [5.41, 5.74) is 10.3. The molecular formula is C14H14N4O. The van der Waals surface area contributed by atoms with E-state index < -0.39 is 0 Å². The van der Waals surface area contributed by atoms with Crippen LogP contribution in [-0.4, -0.2) is 14.9 Å². The number of nitrogens with two attached hydrogens (primary N) is 1. The normalized spacial score (nSPS) is 10.8. The van der Waals surface area contributed by atoms with Crippen molar-refractivity contribution in [3.05, 3.63) is 42.2 Å². The van der Waals surface area contributed by atoms with Crippen molar-refractivity contribution in [2.24, 2.45) is 7.05 Å². The fourth-order valence-corrected chi connectivity index (χ4v) is 2.20. The zero-order valence-electron chi connectivity index (χ0n) is 10.8. The minimum absolute atomic E-state index is 0.324. The van der Waals surface area contributed by atoms with Gasteiger partial charge in [0.05, 0.1) is 11.3 Å². The molecule has 2 aromatic heterocycles. The van der Waals surface area contributed by atoms with Crippen molar-refractivity contribution in [2.45, 2.75) is 6.92 Å². The summed E-state index contributed by atoms with van der Waals surface area (Å²) in [6, 6.07) is 9.85. The molecule has 0 amide bonds. The highest BCUT2D eigenvalue weighted by atomic mass is 16.5. The number of nitrogens with zero attached hydrogens (tertiary/aromatic N) is 3. The van der Waals surface area contributed by atoms with Gasteiger partial charge in [-0.15, -0.1) is 0 Å². The van der Waals surface area contributed by atoms with Crippen LogP contribution in [0.4, 0.5) is 5.88 Å². The molecule has 0 aliphatic heterocycles. The first-order chi connectivity index (χ1) is 9.16. The molecule has 2 N–H and O–H groups in total. The van der Waals surface area contributed by atoms with Gasteiger partial charge < -0.3 is 10.3 Å². The van der Waals surface area contributed by atoms with E-state index in [1.807, 2.05) is 50.5 Å². The number of benzene rings is 1. The molecule has 5 heteroatoms. The minimum Gasteiger partial charge on any atom is -0.367 e. The van der Waals surface area contributed by atoms with Crippen molar-refractivity contribution < 1.29 is 4.52 Å². The highest BCUT2D eigenvalue weighted by Gasteiger charge is 2.20. The second-order valence-corrected chi connectivity index (χ2v) is 4.44. The van der Waals surface area contributed by atoms with E-state index >= 15 is 0 Å². The van der Waals surface area contributed by atoms with Gasteiger partial charge in [0.1, 0.15) is 5.69 Å². The first-order valence-electron chi connectivity index (χ1n) is 5.98. The van der Waals surface area contributed by atoms with Gasteiger partial charge in [0.2, 0.25) is 5.88 Å². The molecule has 0 spiro atoms. The van der Waals surface area contributed by atoms with E-state index in [9.17, 15) is 0 Å². The molecule has 19 heavy (non-hydrogen) atoms. The Morgan fingerprint density at radius 1 is 1.21 bits per heavy atom. The predicted molar refractivity (Wildman–Crippen MR) is 73.3 cm³/mol. The summed E-state index contributed by atoms with van der Waals surface area (Å²) in [7, 11) is 1.88. The fourth-order valence-electron chi connectivity index (χ4n) is 2.20. The summed E-state index contributed by atoms with van der Waals surface area (Å²) in [4.78, 5) is 0. The van der Waals surface area contributed by atoms with E-state index in [0.29, 0.717) is 5.88 Å². The van der Waals surface area contributed by atoms with Gasteiger partial charge in [-0.25, -0.2) is 0 Å². The number of anilines is 1. The first-order valence-corrected chi connectivity index (χ1v) is 5.98. The van der Waals surface area contributed by atoms with Crippen LogP contribution < -0.4 is 5.73 Å². The van der Waals surface area contributed by atoms with Crippen LogP contribution in [0.1, 0.15) is 5.69 Å². The summed E-state index contributed by atoms with van der Waals surface area (Å²) < 4.78 is 6.91. The lowest BCUT2D eigenvalue weighted by Crippen LogP contribution is -1.87. The van der Waals surface area contributed by atoms with Gasteiger partial charge in [0.25, 0.3) is 0 Å². The summed E-state index contributed by atoms with van der Waals surface area (Å²) in [6.07, 6.45) is 1.92. The molecule has 0 fully saturated rings. The number of aromatic nitrogens is 3. The minimum atomic E-state index is 0.324. The smallest absolute Gasteiger partial charge is 0.230 e. The molecule has 3 rings (SSSR count). The van der Waals surface area contributed by atoms with Crippen LogP contribution in [0.5, 0.6) is 0 Å². The molecule has 0 bridgehead atoms. The molecule has 1 aromatic carbocycles. The maximum Gasteiger partial charge on any atom is 0.230 e. The van der Waals surface area contributed by atoms with Crippen molar-refractivity contribution in [3.8, 4) is 22.4 Å². The van der Waals surface area contributed by atoms with Crippen molar-refractivity contribution in [3.63, 3.8) is 0 Å². The standard InChI is InChI=1S/C14H14N4O/c1-9-11(8-18(2)16-9)13-12(14(15)19-17-13)10-6-4-3-5-7-10/h3-8H,15H2,1-2H3. The lowest BCUT2D eigenvalue weighted by molar-refractivity contribution is 0.439. The average Bonchev–Trinajstić information content (AvgIpc) is 2.93. The van der Waals surface area contributed by atoms with E-state index in [-0.39, 0.29) is 0 Å². The quantitative estimate of drug-likeness (QED) is 0.763. The number of rotatable bonds is 2. The fraction of sp³-hybridized carbons (Fsp3) is 0.143. The second kappa shape index (κ2) is 4.28. The van der Waals surface area contributed by atoms with Crippen molar-refractivity contribution in [1.29, 1.82) is 0 Å². The Balaban J connectivity index is 2.22. The van der Waals surface area contributed by atoms with Gasteiger partial charge in [-0.2, -0.15) is 5.10 Å². The SMILES string of the molecule is Cc1nn(C)cc1-c1noc(N)c1-c1ccccc1. The molecule has 0 aliphatic carbocycles. The lowest BCUT2D eigenvalue weighted by Gasteiger charge is -2.01. The predicted octanol–water partition coefficient (Wildman–Crippen LogP) is 2.63. The molecule has 0 radical (unpaired) electrons. The number of hydrogen-bond donors (Lipinski definition) is 1. The second-order valence-electron chi connectivity index (χ2n) is 4.44. The zero-order chi connectivity index (χ0) is 13.4. The number of nitrogen functional groups attached to an aromatic ring is 1. The van der Waals surface area contributed by atoms with Crippen molar-refractivity contribution >= 4 is 5.88 Å². The van der Waals surface area contributed by atoms with Crippen LogP contribution in [0, 0.1) is 6.92 Å². The molecule has 0 aliphatic rings. The van der Waals surface area contributed by atoms with Gasteiger partial charge in [-0.05, 0) is 12.5 Å². The Bertz CT molecular complexity index is 712. The Morgan fingerprint density at radius 3 is 2.58 bits per heavy atom. The van der Waals surface area contributed by atoms with Crippen molar-refractivity contribution in [2.75, 3.05) is 5.73 Å². The molecule has 0 saturated carbocycles. The Kier molecular flexibility index (Phi) is 2.59. The molecule has 5 nitrogen and oxygen atoms in total. The maximum absolute atomic E-state index is 5.91. The van der Waals surface area contributed by atoms with Crippen LogP contribution in [-0.2, 0) is 7.05 Å². The van der Waals surface area contributed by atoms with Gasteiger partial charge in [0.15, 0.2) is 0 Å². The molecule has 2 heterocycles. The van der Waals surface area contributed by atoms with Gasteiger partial charge in [-0.1, -0.05) is 35.5 Å². The van der Waals surface area contributed by atoms with E-state index in [2.05, 4.69) is 10.3 Å². The first kappa shape index (κ1) is 11.5. The third-order valence-corrected chi connectivity index (χ3v) is 3.05. The number of aryl methyl sites for hydroxylation is 2. The summed E-state index contributed by atoms with van der Waals surface area (Å²) in [6.45, 7) is 1.94. The zero-order valence-corrected chi connectivity index (χ0v) is 10.8. The highest BCUT2D eigenvalue weighted by molar-refractivity contribution is 5.87. The summed E-state index contributed by atoms with van der Waals surface area (Å²) in [5, 5.41) is 8.41. The van der Waals surface area contributed by atoms with Crippen LogP contribution in [0.25, 0.3) is 22.4 Å². The summed E-state index contributed by atoms with van der Waals surface area (Å²) in [5.74, 6) is 0.324. The molecular weight excluding hydrogens is 240 g/mol. The molecule has 3 aromatic rings. The van der Waals surface area contributed by atoms with E-state index in [1.54, 1.807) is 4.68 Å². The van der Waals surface area contributed by atoms with Crippen LogP contribution >= 0.6 is 0 Å². The average molecular weight is 254 g/mol. The third-order valence-electron chi connectivity index (χ3n) is 3.05. The Hall–Kier alpha value is -2.56. The molecule has 96 valence electrons. The maximum atomic E-state index is 5.91. The summed E-state index contributed by atoms with van der Waals surface area (Å²) >= 11 is 0. The van der Waals surface area contributed by atoms with E-state index in [1.165, 1.54) is 0 Å². The van der Waals surface area contributed by atoms with Gasteiger partial charge in [-0.3, -0.25) is 4.68 Å². The van der Waals surface area contributed by atoms with Crippen LogP contribution in [0.2, 0.25) is 0 Å². The van der Waals surface area contributed by atoms with Crippen LogP contribution in [0.3, 0.4) is 0 Å². The van der Waals surface area contributed by atoms with Crippen molar-refractivity contribution in [1.82, 2.24) is 14.9 Å². The molecule has 0 saturated heterocycles. The van der Waals surface area contributed by atoms with E-state index in [0.717, 1.165) is 28.1 Å². The lowest BCUT2D eigenvalue weighted by atomic mass is 10.0. The Morgan fingerprint density at radius 2 is 1.95 bits per heavy atom. The topological polar surface area (TPSA) is 69.9 Å². The van der Waals surface area contributed by atoms with Gasteiger partial charge >= 0.3 is 0 Å². The Labute approximate surface area is 110 Å². The highest BCUT2D eigenvalue weighted by Crippen LogP contribution is 2.36. The van der Waals surface area contributed by atoms with Crippen LogP contribution in [0.15, 0.2) is 41.1 Å².